The zero-order valence-corrected chi connectivity index (χ0v) is 21.3. The van der Waals surface area contributed by atoms with Gasteiger partial charge in [-0.2, -0.15) is 5.10 Å². The second-order valence-corrected chi connectivity index (χ2v) is 9.83. The largest absolute Gasteiger partial charge is 0.336 e. The van der Waals surface area contributed by atoms with Gasteiger partial charge in [-0.1, -0.05) is 54.1 Å². The Balaban J connectivity index is 1.30. The van der Waals surface area contributed by atoms with Crippen molar-refractivity contribution in [2.45, 2.75) is 6.54 Å². The lowest BCUT2D eigenvalue weighted by Gasteiger charge is -2.34. The first-order chi connectivity index (χ1) is 18.0. The van der Waals surface area contributed by atoms with Crippen molar-refractivity contribution in [1.29, 1.82) is 0 Å². The van der Waals surface area contributed by atoms with E-state index in [1.165, 1.54) is 5.56 Å². The number of rotatable bonds is 5. The number of piperazine rings is 1. The first-order valence-electron chi connectivity index (χ1n) is 12.4. The van der Waals surface area contributed by atoms with Crippen LogP contribution in [-0.4, -0.2) is 61.1 Å². The molecule has 1 aliphatic heterocycles. The van der Waals surface area contributed by atoms with Gasteiger partial charge < -0.3 is 9.30 Å². The number of aryl methyl sites for hydroxylation is 1. The summed E-state index contributed by atoms with van der Waals surface area (Å²) in [6.45, 7) is 3.66. The van der Waals surface area contributed by atoms with Crippen LogP contribution in [0.25, 0.3) is 28.0 Å². The predicted octanol–water partition coefficient (Wildman–Crippen LogP) is 5.01. The molecule has 3 aromatic heterocycles. The van der Waals surface area contributed by atoms with E-state index in [1.807, 2.05) is 42.3 Å². The number of pyridine rings is 1. The highest BCUT2D eigenvalue weighted by molar-refractivity contribution is 6.30. The Kier molecular flexibility index (Phi) is 6.24. The number of hydrogen-bond donors (Lipinski definition) is 0. The fourth-order valence-corrected chi connectivity index (χ4v) is 5.05. The number of carbonyl (C=O) groups excluding carboxylic acids is 1. The van der Waals surface area contributed by atoms with E-state index in [9.17, 15) is 4.79 Å². The van der Waals surface area contributed by atoms with Crippen molar-refractivity contribution in [1.82, 2.24) is 29.0 Å². The average Bonchev–Trinajstić information content (AvgIpc) is 3.53. The molecule has 1 fully saturated rings. The number of benzene rings is 2. The molecule has 0 saturated carbocycles. The van der Waals surface area contributed by atoms with Gasteiger partial charge in [0.25, 0.3) is 5.91 Å². The van der Waals surface area contributed by atoms with Crippen molar-refractivity contribution in [3.8, 4) is 22.4 Å². The third-order valence-electron chi connectivity index (χ3n) is 6.93. The van der Waals surface area contributed by atoms with Crippen LogP contribution in [0.4, 0.5) is 0 Å². The van der Waals surface area contributed by atoms with E-state index in [4.69, 9.17) is 16.6 Å². The molecule has 0 bridgehead atoms. The minimum Gasteiger partial charge on any atom is -0.336 e. The lowest BCUT2D eigenvalue weighted by Crippen LogP contribution is -2.48. The molecule has 186 valence electrons. The number of aromatic nitrogens is 4. The standard InChI is InChI=1S/C29H27ClN6O/c1-33-18-24(17-31-33)29(37)35-15-13-34(14-16-35)20-26-28(22-7-10-25(30)11-8-22)32-27-12-9-23(19-36(26)27)21-5-3-2-4-6-21/h2-12,17-19H,13-16,20H2,1H3. The van der Waals surface area contributed by atoms with Gasteiger partial charge in [-0.25, -0.2) is 4.98 Å². The zero-order valence-electron chi connectivity index (χ0n) is 20.6. The van der Waals surface area contributed by atoms with E-state index in [1.54, 1.807) is 17.1 Å². The summed E-state index contributed by atoms with van der Waals surface area (Å²) in [6.07, 6.45) is 5.58. The summed E-state index contributed by atoms with van der Waals surface area (Å²) in [5, 5.41) is 4.84. The van der Waals surface area contributed by atoms with Gasteiger partial charge in [0.2, 0.25) is 0 Å². The number of halogens is 1. The molecule has 5 aromatic rings. The molecule has 4 heterocycles. The summed E-state index contributed by atoms with van der Waals surface area (Å²) in [5.74, 6) is 0.0388. The first kappa shape index (κ1) is 23.5. The summed E-state index contributed by atoms with van der Waals surface area (Å²) >= 11 is 6.18. The quantitative estimate of drug-likeness (QED) is 0.333. The van der Waals surface area contributed by atoms with Crippen molar-refractivity contribution < 1.29 is 4.79 Å². The predicted molar refractivity (Wildman–Crippen MR) is 145 cm³/mol. The zero-order chi connectivity index (χ0) is 25.4. The van der Waals surface area contributed by atoms with Crippen LogP contribution in [0.1, 0.15) is 16.1 Å². The molecule has 1 aliphatic rings. The fraction of sp³-hybridized carbons (Fsp3) is 0.207. The van der Waals surface area contributed by atoms with Gasteiger partial charge in [0.1, 0.15) is 5.65 Å². The van der Waals surface area contributed by atoms with Crippen LogP contribution < -0.4 is 0 Å². The summed E-state index contributed by atoms with van der Waals surface area (Å²) < 4.78 is 3.87. The van der Waals surface area contributed by atoms with Crippen LogP contribution in [0.2, 0.25) is 5.02 Å². The molecule has 6 rings (SSSR count). The van der Waals surface area contributed by atoms with E-state index < -0.39 is 0 Å². The van der Waals surface area contributed by atoms with Crippen LogP contribution >= 0.6 is 11.6 Å². The lowest BCUT2D eigenvalue weighted by atomic mass is 10.1. The molecule has 2 aromatic carbocycles. The number of nitrogens with zero attached hydrogens (tertiary/aromatic N) is 6. The second kappa shape index (κ2) is 9.84. The summed E-state index contributed by atoms with van der Waals surface area (Å²) in [7, 11) is 1.83. The molecule has 7 nitrogen and oxygen atoms in total. The Morgan fingerprint density at radius 2 is 1.59 bits per heavy atom. The van der Waals surface area contributed by atoms with Crippen LogP contribution in [0, 0.1) is 0 Å². The van der Waals surface area contributed by atoms with Crippen LogP contribution in [0.3, 0.4) is 0 Å². The molecule has 0 aliphatic carbocycles. The van der Waals surface area contributed by atoms with Crippen molar-refractivity contribution >= 4 is 23.2 Å². The lowest BCUT2D eigenvalue weighted by molar-refractivity contribution is 0.0627. The Labute approximate surface area is 220 Å². The molecule has 1 amide bonds. The number of hydrogen-bond acceptors (Lipinski definition) is 4. The monoisotopic (exact) mass is 510 g/mol. The van der Waals surface area contributed by atoms with E-state index in [-0.39, 0.29) is 5.91 Å². The Morgan fingerprint density at radius 1 is 0.865 bits per heavy atom. The molecule has 1 saturated heterocycles. The number of imidazole rings is 1. The Hall–Kier alpha value is -3.94. The van der Waals surface area contributed by atoms with Gasteiger partial charge in [0.05, 0.1) is 23.1 Å². The third kappa shape index (κ3) is 4.75. The highest BCUT2D eigenvalue weighted by Crippen LogP contribution is 2.29. The molecule has 0 unspecified atom stereocenters. The third-order valence-corrected chi connectivity index (χ3v) is 7.18. The Bertz CT molecular complexity index is 1550. The van der Waals surface area contributed by atoms with E-state index in [0.717, 1.165) is 47.8 Å². The van der Waals surface area contributed by atoms with Crippen LogP contribution in [0.5, 0.6) is 0 Å². The summed E-state index contributed by atoms with van der Waals surface area (Å²) in [6, 6.07) is 22.4. The molecule has 0 radical (unpaired) electrons. The molecule has 37 heavy (non-hydrogen) atoms. The molecule has 0 spiro atoms. The average molecular weight is 511 g/mol. The minimum absolute atomic E-state index is 0.0388. The van der Waals surface area contributed by atoms with Crippen molar-refractivity contribution in [2.24, 2.45) is 7.05 Å². The van der Waals surface area contributed by atoms with Gasteiger partial charge >= 0.3 is 0 Å². The maximum Gasteiger partial charge on any atom is 0.257 e. The van der Waals surface area contributed by atoms with E-state index in [2.05, 4.69) is 57.0 Å². The van der Waals surface area contributed by atoms with Crippen LogP contribution in [-0.2, 0) is 13.6 Å². The number of amides is 1. The van der Waals surface area contributed by atoms with Crippen molar-refractivity contribution in [2.75, 3.05) is 26.2 Å². The van der Waals surface area contributed by atoms with E-state index >= 15 is 0 Å². The van der Waals surface area contributed by atoms with Crippen LogP contribution in [0.15, 0.2) is 85.3 Å². The summed E-state index contributed by atoms with van der Waals surface area (Å²) in [4.78, 5) is 22.2. The first-order valence-corrected chi connectivity index (χ1v) is 12.8. The normalized spacial score (nSPS) is 14.4. The van der Waals surface area contributed by atoms with Gasteiger partial charge in [-0.05, 0) is 35.4 Å². The second-order valence-electron chi connectivity index (χ2n) is 9.40. The minimum atomic E-state index is 0.0388. The number of carbonyl (C=O) groups is 1. The van der Waals surface area contributed by atoms with Crippen molar-refractivity contribution in [3.63, 3.8) is 0 Å². The molecular formula is C29H27ClN6O. The summed E-state index contributed by atoms with van der Waals surface area (Å²) in [5.41, 5.74) is 6.97. The highest BCUT2D eigenvalue weighted by atomic mass is 35.5. The molecule has 8 heteroatoms. The maximum absolute atomic E-state index is 12.9. The molecule has 0 atom stereocenters. The van der Waals surface area contributed by atoms with Gasteiger partial charge in [0, 0.05) is 62.8 Å². The van der Waals surface area contributed by atoms with E-state index in [0.29, 0.717) is 23.7 Å². The highest BCUT2D eigenvalue weighted by Gasteiger charge is 2.25. The van der Waals surface area contributed by atoms with Gasteiger partial charge in [-0.15, -0.1) is 0 Å². The SMILES string of the molecule is Cn1cc(C(=O)N2CCN(Cc3c(-c4ccc(Cl)cc4)nc4ccc(-c5ccccc5)cn34)CC2)cn1. The topological polar surface area (TPSA) is 58.7 Å². The van der Waals surface area contributed by atoms with Gasteiger partial charge in [-0.3, -0.25) is 14.4 Å². The number of fused-ring (bicyclic) bond motifs is 1. The molecule has 0 N–H and O–H groups in total. The maximum atomic E-state index is 12.9. The Morgan fingerprint density at radius 3 is 2.30 bits per heavy atom. The fourth-order valence-electron chi connectivity index (χ4n) is 4.92. The van der Waals surface area contributed by atoms with Crippen molar-refractivity contribution in [3.05, 3.63) is 102 Å². The van der Waals surface area contributed by atoms with Gasteiger partial charge in [0.15, 0.2) is 0 Å². The smallest absolute Gasteiger partial charge is 0.257 e. The molecular weight excluding hydrogens is 484 g/mol.